The maximum absolute atomic E-state index is 3.71. The number of hydrogen-bond acceptors (Lipinski definition) is 1. The van der Waals surface area contributed by atoms with Gasteiger partial charge in [-0.25, -0.2) is 0 Å². The maximum Gasteiger partial charge on any atom is 0.103 e. The van der Waals surface area contributed by atoms with Crippen LogP contribution in [-0.2, 0) is 6.54 Å². The fraction of sp³-hybridized carbons (Fsp3) is 0.300. The van der Waals surface area contributed by atoms with Crippen LogP contribution in [0.1, 0.15) is 5.56 Å². The largest absolute Gasteiger partial charge is 0.446 e. The average Bonchev–Trinajstić information content (AvgIpc) is 2.05. The van der Waals surface area contributed by atoms with Gasteiger partial charge >= 0.3 is 0 Å². The number of quaternary nitrogens is 1. The summed E-state index contributed by atoms with van der Waals surface area (Å²) in [6.07, 6.45) is 0. The Kier molecular flexibility index (Phi) is 3.26. The fourth-order valence-electron chi connectivity index (χ4n) is 1.12. The molecule has 2 nitrogen and oxygen atoms in total. The zero-order valence-electron chi connectivity index (χ0n) is 7.75. The summed E-state index contributed by atoms with van der Waals surface area (Å²) in [6.45, 7) is 0.997. The molecule has 0 saturated heterocycles. The summed E-state index contributed by atoms with van der Waals surface area (Å²) in [5.41, 5.74) is 2.52. The second-order valence-electron chi connectivity index (χ2n) is 3.18. The molecule has 2 N–H and O–H groups in total. The molecule has 0 aliphatic carbocycles. The van der Waals surface area contributed by atoms with Gasteiger partial charge in [0.05, 0.1) is 0 Å². The lowest BCUT2D eigenvalue weighted by Gasteiger charge is -2.09. The average molecular weight is 164 g/mol. The van der Waals surface area contributed by atoms with Crippen molar-refractivity contribution in [3.05, 3.63) is 36.9 Å². The Morgan fingerprint density at radius 2 is 1.83 bits per heavy atom. The van der Waals surface area contributed by atoms with Gasteiger partial charge in [0, 0.05) is 6.54 Å². The Balaban J connectivity index is 2.65. The standard InChI is InChI=1S/C10H16N2/c1-11-10-6-4-9(5-7-10)8-12(2)3/h4-7H,1,8,11H2,2-3H3. The third-order valence-electron chi connectivity index (χ3n) is 1.71. The van der Waals surface area contributed by atoms with Gasteiger partial charge in [-0.15, -0.1) is 7.05 Å². The van der Waals surface area contributed by atoms with Crippen LogP contribution in [0.5, 0.6) is 0 Å². The SMILES string of the molecule is [CH2-][NH2+]c1ccc(CN(C)C)cc1. The highest BCUT2D eigenvalue weighted by molar-refractivity contribution is 5.31. The quantitative estimate of drug-likeness (QED) is 0.516. The Hall–Kier alpha value is -0.860. The Morgan fingerprint density at radius 1 is 1.25 bits per heavy atom. The van der Waals surface area contributed by atoms with Gasteiger partial charge in [-0.3, -0.25) is 0 Å². The Morgan fingerprint density at radius 3 is 2.25 bits per heavy atom. The minimum Gasteiger partial charge on any atom is -0.446 e. The highest BCUT2D eigenvalue weighted by Gasteiger charge is 1.94. The highest BCUT2D eigenvalue weighted by atomic mass is 15.0. The Labute approximate surface area is 74.2 Å². The van der Waals surface area contributed by atoms with Gasteiger partial charge in [0.15, 0.2) is 0 Å². The van der Waals surface area contributed by atoms with Crippen LogP contribution in [0.15, 0.2) is 24.3 Å². The molecule has 0 aromatic heterocycles. The van der Waals surface area contributed by atoms with E-state index in [1.54, 1.807) is 0 Å². The van der Waals surface area contributed by atoms with Crippen LogP contribution in [0.4, 0.5) is 5.69 Å². The van der Waals surface area contributed by atoms with E-state index < -0.39 is 0 Å². The van der Waals surface area contributed by atoms with E-state index in [0.717, 1.165) is 6.54 Å². The second-order valence-corrected chi connectivity index (χ2v) is 3.18. The molecule has 1 aromatic carbocycles. The monoisotopic (exact) mass is 164 g/mol. The van der Waals surface area contributed by atoms with E-state index in [0.29, 0.717) is 0 Å². The molecule has 0 bridgehead atoms. The third-order valence-corrected chi connectivity index (χ3v) is 1.71. The Bertz CT molecular complexity index is 226. The molecule has 1 aromatic rings. The van der Waals surface area contributed by atoms with Crippen molar-refractivity contribution in [3.63, 3.8) is 0 Å². The van der Waals surface area contributed by atoms with Crippen LogP contribution in [-0.4, -0.2) is 19.0 Å². The van der Waals surface area contributed by atoms with Crippen LogP contribution in [0.2, 0.25) is 0 Å². The first-order valence-corrected chi connectivity index (χ1v) is 4.08. The summed E-state index contributed by atoms with van der Waals surface area (Å²) < 4.78 is 0. The number of benzene rings is 1. The first kappa shape index (κ1) is 9.23. The molecule has 0 saturated carbocycles. The zero-order chi connectivity index (χ0) is 8.97. The van der Waals surface area contributed by atoms with Crippen molar-refractivity contribution in [1.82, 2.24) is 4.90 Å². The molecule has 1 rings (SSSR count). The van der Waals surface area contributed by atoms with Crippen molar-refractivity contribution in [3.8, 4) is 0 Å². The van der Waals surface area contributed by atoms with Gasteiger partial charge in [0.25, 0.3) is 0 Å². The van der Waals surface area contributed by atoms with Crippen molar-refractivity contribution >= 4 is 5.69 Å². The molecular formula is C10H16N2. The summed E-state index contributed by atoms with van der Waals surface area (Å²) in [6, 6.07) is 8.45. The smallest absolute Gasteiger partial charge is 0.103 e. The summed E-state index contributed by atoms with van der Waals surface area (Å²) >= 11 is 0. The van der Waals surface area contributed by atoms with Crippen molar-refractivity contribution in [2.24, 2.45) is 0 Å². The van der Waals surface area contributed by atoms with Gasteiger partial charge in [0.1, 0.15) is 5.69 Å². The van der Waals surface area contributed by atoms with Crippen molar-refractivity contribution in [2.45, 2.75) is 6.54 Å². The first-order chi connectivity index (χ1) is 5.72. The van der Waals surface area contributed by atoms with E-state index in [2.05, 4.69) is 50.3 Å². The number of nitrogens with two attached hydrogens (primary N) is 1. The first-order valence-electron chi connectivity index (χ1n) is 4.08. The predicted octanol–water partition coefficient (Wildman–Crippen LogP) is 0.735. The van der Waals surface area contributed by atoms with Gasteiger partial charge in [-0.05, 0) is 31.8 Å². The number of nitrogens with zero attached hydrogens (tertiary/aromatic N) is 1. The van der Waals surface area contributed by atoms with E-state index in [-0.39, 0.29) is 0 Å². The van der Waals surface area contributed by atoms with Gasteiger partial charge in [0.2, 0.25) is 0 Å². The maximum atomic E-state index is 3.71. The third kappa shape index (κ3) is 2.64. The molecule has 2 heteroatoms. The second kappa shape index (κ2) is 4.24. The van der Waals surface area contributed by atoms with E-state index in [1.165, 1.54) is 11.3 Å². The normalized spacial score (nSPS) is 10.7. The van der Waals surface area contributed by atoms with Gasteiger partial charge < -0.3 is 10.2 Å². The zero-order valence-corrected chi connectivity index (χ0v) is 7.75. The molecule has 0 fully saturated rings. The molecule has 0 aliphatic rings. The molecular weight excluding hydrogens is 148 g/mol. The van der Waals surface area contributed by atoms with E-state index in [1.807, 2.05) is 5.32 Å². The van der Waals surface area contributed by atoms with Crippen molar-refractivity contribution in [2.75, 3.05) is 14.1 Å². The molecule has 0 aliphatic heterocycles. The van der Waals surface area contributed by atoms with Crippen molar-refractivity contribution < 1.29 is 5.32 Å². The predicted molar refractivity (Wildman–Crippen MR) is 50.8 cm³/mol. The summed E-state index contributed by atoms with van der Waals surface area (Å²) in [5, 5.41) is 1.86. The molecule has 66 valence electrons. The number of rotatable bonds is 3. The molecule has 0 heterocycles. The van der Waals surface area contributed by atoms with Crippen LogP contribution in [0, 0.1) is 7.05 Å². The molecule has 0 radical (unpaired) electrons. The van der Waals surface area contributed by atoms with Crippen LogP contribution >= 0.6 is 0 Å². The van der Waals surface area contributed by atoms with Crippen LogP contribution < -0.4 is 5.32 Å². The van der Waals surface area contributed by atoms with E-state index in [9.17, 15) is 0 Å². The topological polar surface area (TPSA) is 19.9 Å². The molecule has 0 atom stereocenters. The molecule has 0 amide bonds. The van der Waals surface area contributed by atoms with Crippen molar-refractivity contribution in [1.29, 1.82) is 0 Å². The fourth-order valence-corrected chi connectivity index (χ4v) is 1.12. The molecule has 0 spiro atoms. The van der Waals surface area contributed by atoms with E-state index >= 15 is 0 Å². The number of hydrogen-bond donors (Lipinski definition) is 1. The minimum atomic E-state index is 0.997. The lowest BCUT2D eigenvalue weighted by molar-refractivity contribution is -0.504. The van der Waals surface area contributed by atoms with Gasteiger partial charge in [-0.2, -0.15) is 0 Å². The summed E-state index contributed by atoms with van der Waals surface area (Å²) in [4.78, 5) is 2.16. The minimum absolute atomic E-state index is 0.997. The molecule has 12 heavy (non-hydrogen) atoms. The van der Waals surface area contributed by atoms with Gasteiger partial charge in [-0.1, -0.05) is 12.1 Å². The van der Waals surface area contributed by atoms with Crippen LogP contribution in [0.3, 0.4) is 0 Å². The van der Waals surface area contributed by atoms with E-state index in [4.69, 9.17) is 0 Å². The lowest BCUT2D eigenvalue weighted by Crippen LogP contribution is -2.69. The summed E-state index contributed by atoms with van der Waals surface area (Å²) in [7, 11) is 7.85. The highest BCUT2D eigenvalue weighted by Crippen LogP contribution is 2.05. The summed E-state index contributed by atoms with van der Waals surface area (Å²) in [5.74, 6) is 0. The molecule has 0 unspecified atom stereocenters. The van der Waals surface area contributed by atoms with Crippen LogP contribution in [0.25, 0.3) is 0 Å². The lowest BCUT2D eigenvalue weighted by atomic mass is 10.2.